The van der Waals surface area contributed by atoms with E-state index in [4.69, 9.17) is 11.6 Å². The van der Waals surface area contributed by atoms with Crippen LogP contribution in [-0.2, 0) is 6.54 Å². The van der Waals surface area contributed by atoms with Crippen LogP contribution in [0.2, 0.25) is 5.28 Å². The van der Waals surface area contributed by atoms with Crippen molar-refractivity contribution < 1.29 is 4.52 Å². The van der Waals surface area contributed by atoms with Gasteiger partial charge in [0.2, 0.25) is 11.7 Å². The zero-order valence-corrected chi connectivity index (χ0v) is 9.14. The highest BCUT2D eigenvalue weighted by molar-refractivity contribution is 6.28. The third kappa shape index (κ3) is 1.89. The molecule has 8 nitrogen and oxygen atoms in total. The summed E-state index contributed by atoms with van der Waals surface area (Å²) in [6, 6.07) is 0. The number of fused-ring (bicyclic) bond motifs is 1. The van der Waals surface area contributed by atoms with Gasteiger partial charge < -0.3 is 14.8 Å². The lowest BCUT2D eigenvalue weighted by molar-refractivity contribution is 0.411. The number of hydrogen-bond acceptors (Lipinski definition) is 7. The van der Waals surface area contributed by atoms with Gasteiger partial charge in [-0.1, -0.05) is 5.16 Å². The summed E-state index contributed by atoms with van der Waals surface area (Å²) < 4.78 is 4.62. The van der Waals surface area contributed by atoms with Gasteiger partial charge in [-0.2, -0.15) is 15.0 Å². The van der Waals surface area contributed by atoms with Gasteiger partial charge in [0, 0.05) is 0 Å². The maximum absolute atomic E-state index is 5.78. The fourth-order valence-electron chi connectivity index (χ4n) is 1.37. The number of H-pyrrole nitrogens is 1. The van der Waals surface area contributed by atoms with Crippen LogP contribution in [0.3, 0.4) is 0 Å². The molecule has 17 heavy (non-hydrogen) atoms. The molecule has 0 spiro atoms. The van der Waals surface area contributed by atoms with Crippen molar-refractivity contribution in [3.05, 3.63) is 23.8 Å². The molecule has 3 aromatic heterocycles. The fourth-order valence-corrected chi connectivity index (χ4v) is 1.53. The smallest absolute Gasteiger partial charge is 0.226 e. The van der Waals surface area contributed by atoms with Gasteiger partial charge in [-0.15, -0.1) is 0 Å². The predicted molar refractivity (Wildman–Crippen MR) is 58.3 cm³/mol. The molecule has 3 aromatic rings. The summed E-state index contributed by atoms with van der Waals surface area (Å²) in [5, 5.41) is 6.82. The minimum atomic E-state index is 0.125. The molecule has 86 valence electrons. The zero-order valence-electron chi connectivity index (χ0n) is 8.38. The Balaban J connectivity index is 1.91. The van der Waals surface area contributed by atoms with Crippen LogP contribution in [0.1, 0.15) is 5.82 Å². The summed E-state index contributed by atoms with van der Waals surface area (Å²) >= 11 is 5.78. The Labute approximate surface area is 99.4 Å². The SMILES string of the molecule is Clc1nc(NCc2ncon2)c2[nH]cnc2n1. The van der Waals surface area contributed by atoms with Crippen LogP contribution in [0.15, 0.2) is 17.2 Å². The molecule has 0 saturated carbocycles. The number of hydrogen-bond donors (Lipinski definition) is 2. The number of anilines is 1. The Kier molecular flexibility index (Phi) is 2.33. The van der Waals surface area contributed by atoms with Crippen LogP contribution in [-0.4, -0.2) is 30.1 Å². The average molecular weight is 252 g/mol. The van der Waals surface area contributed by atoms with E-state index < -0.39 is 0 Å². The Morgan fingerprint density at radius 3 is 3.12 bits per heavy atom. The maximum atomic E-state index is 5.78. The van der Waals surface area contributed by atoms with Crippen molar-refractivity contribution in [3.63, 3.8) is 0 Å². The average Bonchev–Trinajstić information content (AvgIpc) is 2.95. The van der Waals surface area contributed by atoms with E-state index >= 15 is 0 Å². The van der Waals surface area contributed by atoms with Crippen molar-refractivity contribution in [2.24, 2.45) is 0 Å². The van der Waals surface area contributed by atoms with Crippen LogP contribution in [0, 0.1) is 0 Å². The van der Waals surface area contributed by atoms with Gasteiger partial charge in [0.05, 0.1) is 12.9 Å². The summed E-state index contributed by atoms with van der Waals surface area (Å²) in [6.07, 6.45) is 2.78. The molecule has 0 aromatic carbocycles. The molecule has 3 heterocycles. The van der Waals surface area contributed by atoms with E-state index in [9.17, 15) is 0 Å². The second kappa shape index (κ2) is 3.98. The standard InChI is InChI=1S/C8H6ClN7O/c9-8-14-6(5-7(15-8)12-2-11-5)10-1-4-13-3-17-16-4/h2-3H,1H2,(H2,10,11,12,14,15). The van der Waals surface area contributed by atoms with Crippen molar-refractivity contribution in [1.82, 2.24) is 30.1 Å². The molecule has 3 rings (SSSR count). The summed E-state index contributed by atoms with van der Waals surface area (Å²) in [5.41, 5.74) is 1.18. The van der Waals surface area contributed by atoms with Gasteiger partial charge in [-0.05, 0) is 11.6 Å². The van der Waals surface area contributed by atoms with Gasteiger partial charge in [0.25, 0.3) is 0 Å². The normalized spacial score (nSPS) is 10.9. The van der Waals surface area contributed by atoms with E-state index in [-0.39, 0.29) is 5.28 Å². The van der Waals surface area contributed by atoms with Crippen molar-refractivity contribution in [2.45, 2.75) is 6.54 Å². The molecule has 0 aliphatic rings. The number of halogens is 1. The van der Waals surface area contributed by atoms with Crippen LogP contribution < -0.4 is 5.32 Å². The minimum absolute atomic E-state index is 0.125. The Hall–Kier alpha value is -2.22. The third-order valence-corrected chi connectivity index (χ3v) is 2.25. The van der Waals surface area contributed by atoms with E-state index in [0.717, 1.165) is 0 Å². The number of nitrogens with one attached hydrogen (secondary N) is 2. The monoisotopic (exact) mass is 251 g/mol. The van der Waals surface area contributed by atoms with Gasteiger partial charge >= 0.3 is 0 Å². The highest BCUT2D eigenvalue weighted by atomic mass is 35.5. The molecule has 2 N–H and O–H groups in total. The second-order valence-electron chi connectivity index (χ2n) is 3.14. The topological polar surface area (TPSA) is 105 Å². The van der Waals surface area contributed by atoms with E-state index in [0.29, 0.717) is 29.4 Å². The molecule has 9 heteroatoms. The fraction of sp³-hybridized carbons (Fsp3) is 0.125. The molecule has 0 unspecified atom stereocenters. The number of imidazole rings is 1. The van der Waals surface area contributed by atoms with Crippen molar-refractivity contribution in [1.29, 1.82) is 0 Å². The van der Waals surface area contributed by atoms with E-state index in [1.807, 2.05) is 0 Å². The molecule has 0 aliphatic carbocycles. The number of rotatable bonds is 3. The Morgan fingerprint density at radius 2 is 2.29 bits per heavy atom. The number of nitrogens with zero attached hydrogens (tertiary/aromatic N) is 5. The zero-order chi connectivity index (χ0) is 11.7. The van der Waals surface area contributed by atoms with Gasteiger partial charge in [0.1, 0.15) is 5.52 Å². The molecular formula is C8H6ClN7O. The minimum Gasteiger partial charge on any atom is -0.361 e. The summed E-state index contributed by atoms with van der Waals surface area (Å²) in [4.78, 5) is 18.8. The van der Waals surface area contributed by atoms with Crippen molar-refractivity contribution >= 4 is 28.6 Å². The van der Waals surface area contributed by atoms with Crippen molar-refractivity contribution in [2.75, 3.05) is 5.32 Å². The quantitative estimate of drug-likeness (QED) is 0.669. The molecular weight excluding hydrogens is 246 g/mol. The first-order valence-corrected chi connectivity index (χ1v) is 5.06. The lowest BCUT2D eigenvalue weighted by Gasteiger charge is -2.03. The van der Waals surface area contributed by atoms with E-state index in [1.165, 1.54) is 12.7 Å². The molecule has 0 aliphatic heterocycles. The molecule has 0 saturated heterocycles. The second-order valence-corrected chi connectivity index (χ2v) is 3.48. The Morgan fingerprint density at radius 1 is 1.35 bits per heavy atom. The van der Waals surface area contributed by atoms with Crippen molar-refractivity contribution in [3.8, 4) is 0 Å². The lowest BCUT2D eigenvalue weighted by Crippen LogP contribution is -2.04. The van der Waals surface area contributed by atoms with E-state index in [1.54, 1.807) is 0 Å². The van der Waals surface area contributed by atoms with Crippen LogP contribution in [0.25, 0.3) is 11.2 Å². The molecule has 0 atom stereocenters. The number of aromatic amines is 1. The van der Waals surface area contributed by atoms with Crippen LogP contribution in [0.5, 0.6) is 0 Å². The van der Waals surface area contributed by atoms with Gasteiger partial charge in [-0.3, -0.25) is 0 Å². The van der Waals surface area contributed by atoms with Gasteiger partial charge in [0.15, 0.2) is 17.3 Å². The highest BCUT2D eigenvalue weighted by Crippen LogP contribution is 2.18. The molecule has 0 amide bonds. The Bertz CT molecular complexity index is 634. The predicted octanol–water partition coefficient (Wildman–Crippen LogP) is 1.00. The summed E-state index contributed by atoms with van der Waals surface area (Å²) in [5.74, 6) is 1.06. The third-order valence-electron chi connectivity index (χ3n) is 2.08. The molecule has 0 radical (unpaired) electrons. The molecule has 0 fully saturated rings. The van der Waals surface area contributed by atoms with Gasteiger partial charge in [-0.25, -0.2) is 4.98 Å². The first-order chi connectivity index (χ1) is 8.33. The maximum Gasteiger partial charge on any atom is 0.226 e. The first kappa shape index (κ1) is 9.97. The highest BCUT2D eigenvalue weighted by Gasteiger charge is 2.09. The summed E-state index contributed by atoms with van der Waals surface area (Å²) in [7, 11) is 0. The van der Waals surface area contributed by atoms with Crippen LogP contribution >= 0.6 is 11.6 Å². The lowest BCUT2D eigenvalue weighted by atomic mass is 10.4. The van der Waals surface area contributed by atoms with Crippen LogP contribution in [0.4, 0.5) is 5.82 Å². The number of aromatic nitrogens is 6. The first-order valence-electron chi connectivity index (χ1n) is 4.68. The van der Waals surface area contributed by atoms with E-state index in [2.05, 4.69) is 39.9 Å². The summed E-state index contributed by atoms with van der Waals surface area (Å²) in [6.45, 7) is 0.373. The molecule has 0 bridgehead atoms. The largest absolute Gasteiger partial charge is 0.361 e.